The number of rotatable bonds is 2. The topological polar surface area (TPSA) is 36.0 Å². The third-order valence-corrected chi connectivity index (χ3v) is 1.04. The van der Waals surface area contributed by atoms with Crippen LogP contribution in [0.4, 0.5) is 0 Å². The molecule has 0 aliphatic heterocycles. The van der Waals surface area contributed by atoms with Gasteiger partial charge in [0, 0.05) is 12.4 Å². The number of aliphatic hydroxyl groups excluding tert-OH is 1. The number of H-pyrrole nitrogens is 1. The number of hydrogen-bond donors (Lipinski definition) is 2. The van der Waals surface area contributed by atoms with E-state index in [-0.39, 0.29) is 6.61 Å². The van der Waals surface area contributed by atoms with E-state index in [0.29, 0.717) is 0 Å². The summed E-state index contributed by atoms with van der Waals surface area (Å²) in [5.41, 5.74) is 1.09. The van der Waals surface area contributed by atoms with Crippen molar-refractivity contribution >= 4 is 6.08 Å². The van der Waals surface area contributed by atoms with E-state index < -0.39 is 0 Å². The van der Waals surface area contributed by atoms with Crippen LogP contribution >= 0.6 is 0 Å². The Balaban J connectivity index is 2.57. The molecule has 0 saturated heterocycles. The summed E-state index contributed by atoms with van der Waals surface area (Å²) in [6, 6.07) is 1.94. The Morgan fingerprint density at radius 3 is 3.11 bits per heavy atom. The zero-order chi connectivity index (χ0) is 6.53. The number of aromatic amines is 1. The largest absolute Gasteiger partial charge is 0.392 e. The summed E-state index contributed by atoms with van der Waals surface area (Å²) < 4.78 is 0. The molecule has 0 atom stereocenters. The molecule has 2 N–H and O–H groups in total. The van der Waals surface area contributed by atoms with Gasteiger partial charge in [-0.25, -0.2) is 0 Å². The molecule has 0 bridgehead atoms. The fourth-order valence-corrected chi connectivity index (χ4v) is 0.629. The van der Waals surface area contributed by atoms with E-state index in [0.717, 1.165) is 5.56 Å². The van der Waals surface area contributed by atoms with Crippen LogP contribution < -0.4 is 0 Å². The van der Waals surface area contributed by atoms with E-state index in [4.69, 9.17) is 5.11 Å². The third-order valence-electron chi connectivity index (χ3n) is 1.04. The summed E-state index contributed by atoms with van der Waals surface area (Å²) in [6.45, 7) is 0.102. The molecule has 1 rings (SSSR count). The van der Waals surface area contributed by atoms with E-state index >= 15 is 0 Å². The van der Waals surface area contributed by atoms with Gasteiger partial charge in [0.25, 0.3) is 0 Å². The molecule has 0 radical (unpaired) electrons. The summed E-state index contributed by atoms with van der Waals surface area (Å²) in [7, 11) is 0. The first-order chi connectivity index (χ1) is 4.43. The monoisotopic (exact) mass is 123 g/mol. The number of aromatic nitrogens is 1. The lowest BCUT2D eigenvalue weighted by atomic mass is 10.3. The predicted octanol–water partition coefficient (Wildman–Crippen LogP) is 1.02. The van der Waals surface area contributed by atoms with Crippen LogP contribution in [0.2, 0.25) is 0 Å². The average molecular weight is 123 g/mol. The van der Waals surface area contributed by atoms with Crippen molar-refractivity contribution < 1.29 is 5.11 Å². The first kappa shape index (κ1) is 6.11. The molecule has 1 aromatic rings. The minimum Gasteiger partial charge on any atom is -0.392 e. The second kappa shape index (κ2) is 3.10. The Bertz CT molecular complexity index is 177. The van der Waals surface area contributed by atoms with Crippen molar-refractivity contribution in [1.82, 2.24) is 4.98 Å². The summed E-state index contributed by atoms with van der Waals surface area (Å²) in [6.07, 6.45) is 7.27. The number of nitrogens with one attached hydrogen (secondary N) is 1. The van der Waals surface area contributed by atoms with Crippen LogP contribution in [0.1, 0.15) is 5.56 Å². The summed E-state index contributed by atoms with van der Waals surface area (Å²) in [4.78, 5) is 2.91. The van der Waals surface area contributed by atoms with Crippen molar-refractivity contribution in [2.45, 2.75) is 0 Å². The molecule has 9 heavy (non-hydrogen) atoms. The van der Waals surface area contributed by atoms with Gasteiger partial charge in [-0.1, -0.05) is 12.2 Å². The van der Waals surface area contributed by atoms with E-state index in [1.165, 1.54) is 0 Å². The van der Waals surface area contributed by atoms with Crippen molar-refractivity contribution in [3.63, 3.8) is 0 Å². The highest BCUT2D eigenvalue weighted by Gasteiger charge is 1.80. The van der Waals surface area contributed by atoms with Gasteiger partial charge < -0.3 is 10.1 Å². The molecular weight excluding hydrogens is 114 g/mol. The Morgan fingerprint density at radius 2 is 2.56 bits per heavy atom. The van der Waals surface area contributed by atoms with Crippen LogP contribution in [0.15, 0.2) is 24.5 Å². The molecule has 0 saturated carbocycles. The van der Waals surface area contributed by atoms with Gasteiger partial charge in [0.2, 0.25) is 0 Å². The van der Waals surface area contributed by atoms with Gasteiger partial charge >= 0.3 is 0 Å². The van der Waals surface area contributed by atoms with Crippen molar-refractivity contribution in [2.24, 2.45) is 0 Å². The molecule has 2 heteroatoms. The first-order valence-corrected chi connectivity index (χ1v) is 2.83. The molecule has 2 nitrogen and oxygen atoms in total. The van der Waals surface area contributed by atoms with Gasteiger partial charge in [0.05, 0.1) is 6.61 Å². The highest BCUT2D eigenvalue weighted by molar-refractivity contribution is 5.47. The smallest absolute Gasteiger partial charge is 0.0615 e. The minimum absolute atomic E-state index is 0.102. The van der Waals surface area contributed by atoms with Gasteiger partial charge in [0.1, 0.15) is 0 Å². The lowest BCUT2D eigenvalue weighted by Crippen LogP contribution is -1.69. The predicted molar refractivity (Wildman–Crippen MR) is 36.9 cm³/mol. The quantitative estimate of drug-likeness (QED) is 0.605. The lowest BCUT2D eigenvalue weighted by Gasteiger charge is -1.78. The molecule has 0 unspecified atom stereocenters. The van der Waals surface area contributed by atoms with Crippen molar-refractivity contribution in [3.05, 3.63) is 30.1 Å². The average Bonchev–Trinajstić information content (AvgIpc) is 2.34. The standard InChI is InChI=1S/C7H9NO/c9-5-1-2-7-3-4-8-6-7/h1-4,6,8-9H,5H2/b2-1+. The maximum absolute atomic E-state index is 8.37. The third kappa shape index (κ3) is 1.74. The highest BCUT2D eigenvalue weighted by Crippen LogP contribution is 1.97. The molecule has 1 aromatic heterocycles. The fourth-order valence-electron chi connectivity index (χ4n) is 0.629. The van der Waals surface area contributed by atoms with Crippen LogP contribution in [0.3, 0.4) is 0 Å². The molecule has 0 aliphatic rings. The Hall–Kier alpha value is -1.02. The van der Waals surface area contributed by atoms with Crippen LogP contribution in [0.25, 0.3) is 6.08 Å². The SMILES string of the molecule is OC/C=C/c1cc[nH]c1. The van der Waals surface area contributed by atoms with Gasteiger partial charge in [-0.05, 0) is 11.6 Å². The van der Waals surface area contributed by atoms with E-state index in [9.17, 15) is 0 Å². The zero-order valence-corrected chi connectivity index (χ0v) is 5.04. The van der Waals surface area contributed by atoms with Gasteiger partial charge in [-0.2, -0.15) is 0 Å². The van der Waals surface area contributed by atoms with Crippen molar-refractivity contribution in [3.8, 4) is 0 Å². The maximum Gasteiger partial charge on any atom is 0.0615 e. The summed E-state index contributed by atoms with van der Waals surface area (Å²) in [5, 5.41) is 8.37. The van der Waals surface area contributed by atoms with Crippen LogP contribution in [-0.2, 0) is 0 Å². The van der Waals surface area contributed by atoms with E-state index in [2.05, 4.69) is 4.98 Å². The highest BCUT2D eigenvalue weighted by atomic mass is 16.2. The number of hydrogen-bond acceptors (Lipinski definition) is 1. The summed E-state index contributed by atoms with van der Waals surface area (Å²) >= 11 is 0. The van der Waals surface area contributed by atoms with Crippen LogP contribution in [-0.4, -0.2) is 16.7 Å². The Kier molecular flexibility index (Phi) is 2.10. The second-order valence-electron chi connectivity index (χ2n) is 1.73. The van der Waals surface area contributed by atoms with Gasteiger partial charge in [0.15, 0.2) is 0 Å². The van der Waals surface area contributed by atoms with E-state index in [1.807, 2.05) is 24.5 Å². The van der Waals surface area contributed by atoms with E-state index in [1.54, 1.807) is 6.08 Å². The zero-order valence-electron chi connectivity index (χ0n) is 5.04. The Labute approximate surface area is 53.8 Å². The summed E-state index contributed by atoms with van der Waals surface area (Å²) in [5.74, 6) is 0. The maximum atomic E-state index is 8.37. The molecular formula is C7H9NO. The lowest BCUT2D eigenvalue weighted by molar-refractivity contribution is 0.343. The van der Waals surface area contributed by atoms with Crippen molar-refractivity contribution in [2.75, 3.05) is 6.61 Å². The Morgan fingerprint density at radius 1 is 1.67 bits per heavy atom. The molecule has 1 heterocycles. The van der Waals surface area contributed by atoms with Crippen LogP contribution in [0, 0.1) is 0 Å². The minimum atomic E-state index is 0.102. The normalized spacial score (nSPS) is 10.8. The van der Waals surface area contributed by atoms with Gasteiger partial charge in [-0.15, -0.1) is 0 Å². The van der Waals surface area contributed by atoms with Crippen LogP contribution in [0.5, 0.6) is 0 Å². The number of aliphatic hydroxyl groups is 1. The molecule has 0 amide bonds. The second-order valence-corrected chi connectivity index (χ2v) is 1.73. The molecule has 0 aliphatic carbocycles. The van der Waals surface area contributed by atoms with Crippen molar-refractivity contribution in [1.29, 1.82) is 0 Å². The molecule has 0 spiro atoms. The molecule has 48 valence electrons. The fraction of sp³-hybridized carbons (Fsp3) is 0.143. The molecule has 0 aromatic carbocycles. The molecule has 0 fully saturated rings. The van der Waals surface area contributed by atoms with Gasteiger partial charge in [-0.3, -0.25) is 0 Å². The first-order valence-electron chi connectivity index (χ1n) is 2.83.